The van der Waals surface area contributed by atoms with E-state index in [2.05, 4.69) is 105 Å². The van der Waals surface area contributed by atoms with E-state index in [1.54, 1.807) is 0 Å². The fraction of sp³-hybridized carbons (Fsp3) is 0.581. The molecule has 0 bridgehead atoms. The van der Waals surface area contributed by atoms with E-state index in [-0.39, 0.29) is 32.6 Å². The predicted molar refractivity (Wildman–Crippen MR) is 219 cm³/mol. The number of rotatable bonds is 35. The van der Waals surface area contributed by atoms with Crippen LogP contribution in [0.2, 0.25) is 0 Å². The second kappa shape index (κ2) is 38.6. The summed E-state index contributed by atoms with van der Waals surface area (Å²) in [6.45, 7) is 3.44. The molecular formula is C43H70NO8P. The van der Waals surface area contributed by atoms with Crippen molar-refractivity contribution >= 4 is 19.8 Å². The molecule has 0 heterocycles. The highest BCUT2D eigenvalue weighted by Crippen LogP contribution is 2.43. The SMILES string of the molecule is CCC=CCC=CCC=CCC=CCCCCC(=O)OCC(COP(=O)(O)OCCN)OC(=O)CCCC=CCC=CCC=CCC=CCCCCC. The van der Waals surface area contributed by atoms with Gasteiger partial charge in [-0.25, -0.2) is 4.57 Å². The van der Waals surface area contributed by atoms with Gasteiger partial charge in [0.2, 0.25) is 0 Å². The molecule has 2 atom stereocenters. The molecule has 3 N–H and O–H groups in total. The molecule has 0 aliphatic rings. The summed E-state index contributed by atoms with van der Waals surface area (Å²) < 4.78 is 32.6. The Morgan fingerprint density at radius 3 is 1.53 bits per heavy atom. The maximum Gasteiger partial charge on any atom is 0.472 e. The van der Waals surface area contributed by atoms with Crippen molar-refractivity contribution < 1.29 is 37.6 Å². The van der Waals surface area contributed by atoms with Crippen molar-refractivity contribution in [1.29, 1.82) is 0 Å². The van der Waals surface area contributed by atoms with Crippen molar-refractivity contribution in [2.45, 2.75) is 136 Å². The molecule has 0 aromatic carbocycles. The molecule has 0 radical (unpaired) electrons. The van der Waals surface area contributed by atoms with Gasteiger partial charge in [-0.2, -0.15) is 0 Å². The van der Waals surface area contributed by atoms with E-state index in [4.69, 9.17) is 24.3 Å². The highest BCUT2D eigenvalue weighted by molar-refractivity contribution is 7.47. The van der Waals surface area contributed by atoms with Gasteiger partial charge in [0.15, 0.2) is 6.10 Å². The second-order valence-electron chi connectivity index (χ2n) is 12.4. The summed E-state index contributed by atoms with van der Waals surface area (Å²) in [6, 6.07) is 0. The average molecular weight is 760 g/mol. The topological polar surface area (TPSA) is 134 Å². The standard InChI is InChI=1S/C43H70NO8P/c1-3-5-7-9-11-13-15-17-19-20-22-24-26-28-30-32-34-36-43(46)52-41(40-51-53(47,48)50-38-37-44)39-49-42(45)35-33-31-29-27-25-23-21-18-16-14-12-10-8-6-4-2/h6,8,11-14,17-19,21-22,24-25,27-28,30,41H,3-5,7,9-10,15-16,20,23,26,29,31-40,44H2,1-2H3,(H,47,48). The molecule has 300 valence electrons. The van der Waals surface area contributed by atoms with Gasteiger partial charge in [0.05, 0.1) is 13.2 Å². The van der Waals surface area contributed by atoms with Crippen LogP contribution < -0.4 is 5.73 Å². The minimum atomic E-state index is -4.40. The Kier molecular flexibility index (Phi) is 36.4. The predicted octanol–water partition coefficient (Wildman–Crippen LogP) is 11.0. The van der Waals surface area contributed by atoms with E-state index in [0.717, 1.165) is 64.2 Å². The maximum atomic E-state index is 12.5. The minimum absolute atomic E-state index is 0.0334. The van der Waals surface area contributed by atoms with Gasteiger partial charge in [-0.05, 0) is 89.9 Å². The molecular weight excluding hydrogens is 689 g/mol. The number of unbranched alkanes of at least 4 members (excludes halogenated alkanes) is 6. The van der Waals surface area contributed by atoms with Gasteiger partial charge in [0, 0.05) is 19.4 Å². The first kappa shape index (κ1) is 49.9. The van der Waals surface area contributed by atoms with Crippen molar-refractivity contribution in [3.63, 3.8) is 0 Å². The summed E-state index contributed by atoms with van der Waals surface area (Å²) in [5.41, 5.74) is 5.33. The lowest BCUT2D eigenvalue weighted by Gasteiger charge is -2.19. The first-order valence-electron chi connectivity index (χ1n) is 19.7. The number of nitrogens with two attached hydrogens (primary N) is 1. The fourth-order valence-corrected chi connectivity index (χ4v) is 5.32. The number of esters is 2. The quantitative estimate of drug-likeness (QED) is 0.0280. The highest BCUT2D eigenvalue weighted by Gasteiger charge is 2.25. The summed E-state index contributed by atoms with van der Waals surface area (Å²) in [6.07, 6.45) is 48.8. The molecule has 0 aromatic heterocycles. The Bertz CT molecular complexity index is 1180. The lowest BCUT2D eigenvalue weighted by atomic mass is 10.2. The van der Waals surface area contributed by atoms with Crippen molar-refractivity contribution in [1.82, 2.24) is 0 Å². The lowest BCUT2D eigenvalue weighted by Crippen LogP contribution is -2.29. The van der Waals surface area contributed by atoms with Crippen molar-refractivity contribution in [3.05, 3.63) is 97.2 Å². The van der Waals surface area contributed by atoms with Crippen LogP contribution in [-0.4, -0.2) is 49.3 Å². The monoisotopic (exact) mass is 759 g/mol. The number of hydrogen-bond acceptors (Lipinski definition) is 8. The van der Waals surface area contributed by atoms with Gasteiger partial charge in [-0.3, -0.25) is 18.6 Å². The van der Waals surface area contributed by atoms with Crippen LogP contribution >= 0.6 is 7.82 Å². The largest absolute Gasteiger partial charge is 0.472 e. The van der Waals surface area contributed by atoms with Gasteiger partial charge in [-0.1, -0.05) is 124 Å². The number of phosphoric acid groups is 1. The number of phosphoric ester groups is 1. The molecule has 0 aliphatic heterocycles. The summed E-state index contributed by atoms with van der Waals surface area (Å²) in [5.74, 6) is -0.956. The van der Waals surface area contributed by atoms with Gasteiger partial charge in [-0.15, -0.1) is 0 Å². The third-order valence-corrected chi connectivity index (χ3v) is 8.44. The van der Waals surface area contributed by atoms with Gasteiger partial charge in [0.1, 0.15) is 6.61 Å². The molecule has 0 saturated heterocycles. The van der Waals surface area contributed by atoms with Crippen LogP contribution in [0.3, 0.4) is 0 Å². The Morgan fingerprint density at radius 2 is 1.04 bits per heavy atom. The number of hydrogen-bond donors (Lipinski definition) is 2. The second-order valence-corrected chi connectivity index (χ2v) is 13.9. The van der Waals surface area contributed by atoms with Crippen LogP contribution in [0.4, 0.5) is 0 Å². The molecule has 10 heteroatoms. The first-order valence-corrected chi connectivity index (χ1v) is 21.2. The lowest BCUT2D eigenvalue weighted by molar-refractivity contribution is -0.161. The van der Waals surface area contributed by atoms with Crippen LogP contribution in [0.5, 0.6) is 0 Å². The molecule has 2 unspecified atom stereocenters. The number of carbonyl (C=O) groups excluding carboxylic acids is 2. The minimum Gasteiger partial charge on any atom is -0.462 e. The zero-order valence-electron chi connectivity index (χ0n) is 32.7. The van der Waals surface area contributed by atoms with Crippen molar-refractivity contribution in [2.24, 2.45) is 5.73 Å². The maximum absolute atomic E-state index is 12.5. The molecule has 0 saturated carbocycles. The normalized spacial score (nSPS) is 14.4. The Hall–Kier alpha value is -3.07. The summed E-state index contributed by atoms with van der Waals surface area (Å²) in [4.78, 5) is 34.7. The Balaban J connectivity index is 4.41. The van der Waals surface area contributed by atoms with Gasteiger partial charge < -0.3 is 20.1 Å². The van der Waals surface area contributed by atoms with E-state index >= 15 is 0 Å². The van der Waals surface area contributed by atoms with Crippen molar-refractivity contribution in [2.75, 3.05) is 26.4 Å². The summed E-state index contributed by atoms with van der Waals surface area (Å²) in [7, 11) is -4.40. The molecule has 0 aromatic rings. The van der Waals surface area contributed by atoms with Crippen molar-refractivity contribution in [3.8, 4) is 0 Å². The van der Waals surface area contributed by atoms with Gasteiger partial charge >= 0.3 is 19.8 Å². The van der Waals surface area contributed by atoms with Crippen LogP contribution in [0.15, 0.2) is 97.2 Å². The zero-order chi connectivity index (χ0) is 38.9. The molecule has 0 aliphatic carbocycles. The third-order valence-electron chi connectivity index (χ3n) is 7.45. The molecule has 0 fully saturated rings. The van der Waals surface area contributed by atoms with Crippen LogP contribution in [0.25, 0.3) is 0 Å². The molecule has 0 amide bonds. The fourth-order valence-electron chi connectivity index (χ4n) is 4.56. The van der Waals surface area contributed by atoms with Crippen LogP contribution in [0.1, 0.15) is 129 Å². The van der Waals surface area contributed by atoms with E-state index in [1.807, 2.05) is 6.08 Å². The Labute approximate surface area is 321 Å². The van der Waals surface area contributed by atoms with E-state index in [9.17, 15) is 19.0 Å². The third kappa shape index (κ3) is 38.5. The highest BCUT2D eigenvalue weighted by atomic mass is 31.2. The molecule has 0 rings (SSSR count). The smallest absolute Gasteiger partial charge is 0.462 e. The average Bonchev–Trinajstić information content (AvgIpc) is 3.14. The summed E-state index contributed by atoms with van der Waals surface area (Å²) in [5, 5.41) is 0. The number of allylic oxidation sites excluding steroid dienone is 16. The Morgan fingerprint density at radius 1 is 0.585 bits per heavy atom. The van der Waals surface area contributed by atoms with E-state index in [0.29, 0.717) is 19.3 Å². The number of ether oxygens (including phenoxy) is 2. The molecule has 9 nitrogen and oxygen atoms in total. The van der Waals surface area contributed by atoms with E-state index in [1.165, 1.54) is 19.3 Å². The zero-order valence-corrected chi connectivity index (χ0v) is 33.6. The number of carbonyl (C=O) groups is 2. The summed E-state index contributed by atoms with van der Waals surface area (Å²) >= 11 is 0. The van der Waals surface area contributed by atoms with E-state index < -0.39 is 32.5 Å². The van der Waals surface area contributed by atoms with Crippen LogP contribution in [0, 0.1) is 0 Å². The van der Waals surface area contributed by atoms with Crippen LogP contribution in [-0.2, 0) is 32.7 Å². The van der Waals surface area contributed by atoms with Gasteiger partial charge in [0.25, 0.3) is 0 Å². The first-order chi connectivity index (χ1) is 25.8. The molecule has 53 heavy (non-hydrogen) atoms. The molecule has 0 spiro atoms.